The molecule has 0 spiro atoms. The van der Waals surface area contributed by atoms with Crippen LogP contribution in [0.25, 0.3) is 22.2 Å². The molecule has 4 aromatic rings. The fourth-order valence-corrected chi connectivity index (χ4v) is 6.05. The SMILES string of the molecule is CC1NC(=O)C2CCCN2c2ccc(Nc3ccc(-c4ccnc5c4ccn5C)c4c3C(=O)NC4)nc21. The van der Waals surface area contributed by atoms with Crippen LogP contribution in [-0.4, -0.2) is 38.9 Å². The Morgan fingerprint density at radius 1 is 1.08 bits per heavy atom. The van der Waals surface area contributed by atoms with Crippen LogP contribution < -0.4 is 20.9 Å². The molecule has 9 nitrogen and oxygen atoms in total. The minimum atomic E-state index is -0.203. The van der Waals surface area contributed by atoms with Gasteiger partial charge in [0.15, 0.2) is 0 Å². The Labute approximate surface area is 213 Å². The highest BCUT2D eigenvalue weighted by Crippen LogP contribution is 2.39. The number of hydrogen-bond acceptors (Lipinski definition) is 6. The highest BCUT2D eigenvalue weighted by Gasteiger charge is 2.37. The molecule has 0 saturated carbocycles. The van der Waals surface area contributed by atoms with E-state index in [1.54, 1.807) is 0 Å². The van der Waals surface area contributed by atoms with Crippen molar-refractivity contribution in [3.63, 3.8) is 0 Å². The first-order valence-electron chi connectivity index (χ1n) is 12.7. The van der Waals surface area contributed by atoms with Crippen molar-refractivity contribution in [1.82, 2.24) is 25.2 Å². The maximum Gasteiger partial charge on any atom is 0.254 e. The number of pyridine rings is 2. The number of amides is 2. The Morgan fingerprint density at radius 3 is 2.86 bits per heavy atom. The Kier molecular flexibility index (Phi) is 4.76. The monoisotopic (exact) mass is 493 g/mol. The molecule has 1 saturated heterocycles. The molecule has 3 aliphatic rings. The number of hydrogen-bond donors (Lipinski definition) is 3. The van der Waals surface area contributed by atoms with Gasteiger partial charge in [0.25, 0.3) is 5.91 Å². The van der Waals surface area contributed by atoms with Crippen molar-refractivity contribution in [1.29, 1.82) is 0 Å². The van der Waals surface area contributed by atoms with Crippen LogP contribution >= 0.6 is 0 Å². The average Bonchev–Trinajstić information content (AvgIpc) is 3.62. The summed E-state index contributed by atoms with van der Waals surface area (Å²) < 4.78 is 2.00. The molecule has 1 aromatic carbocycles. The van der Waals surface area contributed by atoms with Gasteiger partial charge in [-0.25, -0.2) is 9.97 Å². The number of aryl methyl sites for hydroxylation is 1. The number of carbonyl (C=O) groups is 2. The van der Waals surface area contributed by atoms with Gasteiger partial charge in [-0.05, 0) is 66.8 Å². The van der Waals surface area contributed by atoms with Gasteiger partial charge in [-0.15, -0.1) is 0 Å². The third-order valence-corrected chi connectivity index (χ3v) is 7.82. The summed E-state index contributed by atoms with van der Waals surface area (Å²) in [5.41, 5.74) is 7.12. The number of aromatic nitrogens is 3. The molecule has 3 aromatic heterocycles. The van der Waals surface area contributed by atoms with E-state index in [1.807, 2.05) is 55.2 Å². The molecule has 6 heterocycles. The van der Waals surface area contributed by atoms with Crippen molar-refractivity contribution in [2.45, 2.75) is 38.4 Å². The molecule has 3 N–H and O–H groups in total. The maximum absolute atomic E-state index is 13.0. The first-order chi connectivity index (χ1) is 18.0. The highest BCUT2D eigenvalue weighted by molar-refractivity contribution is 6.07. The standard InChI is InChI=1S/C28H27N7O2/c1-15-25-21(35-12-3-4-22(35)27(36)31-15)7-8-23(33-25)32-20-6-5-16(19-14-30-28(37)24(19)20)17-9-11-29-26-18(17)10-13-34(26)2/h5-11,13,15,22H,3-4,12,14H2,1-2H3,(H,30,37)(H,31,36)(H,32,33). The molecule has 9 heteroatoms. The van der Waals surface area contributed by atoms with Gasteiger partial charge in [-0.1, -0.05) is 6.07 Å². The van der Waals surface area contributed by atoms with Crippen LogP contribution in [0.5, 0.6) is 0 Å². The number of nitrogens with one attached hydrogen (secondary N) is 3. The van der Waals surface area contributed by atoms with E-state index in [4.69, 9.17) is 4.98 Å². The van der Waals surface area contributed by atoms with Crippen LogP contribution in [0, 0.1) is 0 Å². The number of fused-ring (bicyclic) bond motifs is 5. The summed E-state index contributed by atoms with van der Waals surface area (Å²) in [4.78, 5) is 37.3. The topological polar surface area (TPSA) is 104 Å². The lowest BCUT2D eigenvalue weighted by Crippen LogP contribution is -2.41. The van der Waals surface area contributed by atoms with E-state index in [0.717, 1.165) is 58.5 Å². The molecule has 2 amide bonds. The first-order valence-corrected chi connectivity index (χ1v) is 12.7. The largest absolute Gasteiger partial charge is 0.358 e. The minimum Gasteiger partial charge on any atom is -0.358 e. The number of anilines is 3. The Hall–Kier alpha value is -4.40. The van der Waals surface area contributed by atoms with E-state index < -0.39 is 0 Å². The fraction of sp³-hybridized carbons (Fsp3) is 0.286. The summed E-state index contributed by atoms with van der Waals surface area (Å²) >= 11 is 0. The zero-order chi connectivity index (χ0) is 25.3. The van der Waals surface area contributed by atoms with Gasteiger partial charge in [0.2, 0.25) is 5.91 Å². The van der Waals surface area contributed by atoms with Crippen molar-refractivity contribution < 1.29 is 9.59 Å². The molecule has 186 valence electrons. The number of carbonyl (C=O) groups excluding carboxylic acids is 2. The van der Waals surface area contributed by atoms with Crippen molar-refractivity contribution in [3.8, 4) is 11.1 Å². The molecule has 0 aliphatic carbocycles. The lowest BCUT2D eigenvalue weighted by Gasteiger charge is -2.24. The average molecular weight is 494 g/mol. The van der Waals surface area contributed by atoms with Crippen LogP contribution in [0.1, 0.15) is 47.4 Å². The van der Waals surface area contributed by atoms with Crippen molar-refractivity contribution in [2.75, 3.05) is 16.8 Å². The van der Waals surface area contributed by atoms with E-state index in [2.05, 4.69) is 38.0 Å². The predicted molar refractivity (Wildman–Crippen MR) is 142 cm³/mol. The van der Waals surface area contributed by atoms with Crippen molar-refractivity contribution in [2.24, 2.45) is 7.05 Å². The second-order valence-electron chi connectivity index (χ2n) is 10.0. The van der Waals surface area contributed by atoms with E-state index in [0.29, 0.717) is 23.6 Å². The molecule has 2 unspecified atom stereocenters. The molecular formula is C28H27N7O2. The summed E-state index contributed by atoms with van der Waals surface area (Å²) in [5.74, 6) is 0.598. The lowest BCUT2D eigenvalue weighted by molar-refractivity contribution is -0.122. The first kappa shape index (κ1) is 21.8. The van der Waals surface area contributed by atoms with Gasteiger partial charge < -0.3 is 25.4 Å². The molecular weight excluding hydrogens is 466 g/mol. The zero-order valence-electron chi connectivity index (χ0n) is 20.7. The lowest BCUT2D eigenvalue weighted by atomic mass is 9.94. The van der Waals surface area contributed by atoms with Gasteiger partial charge in [0, 0.05) is 37.9 Å². The van der Waals surface area contributed by atoms with E-state index in [-0.39, 0.29) is 23.9 Å². The van der Waals surface area contributed by atoms with Crippen LogP contribution in [0.4, 0.5) is 17.2 Å². The maximum atomic E-state index is 13.0. The molecule has 2 atom stereocenters. The van der Waals surface area contributed by atoms with Crippen molar-refractivity contribution >= 4 is 40.0 Å². The van der Waals surface area contributed by atoms with Gasteiger partial charge >= 0.3 is 0 Å². The second-order valence-corrected chi connectivity index (χ2v) is 10.0. The summed E-state index contributed by atoms with van der Waals surface area (Å²) in [6.45, 7) is 3.28. The third kappa shape index (κ3) is 3.30. The van der Waals surface area contributed by atoms with Gasteiger partial charge in [0.1, 0.15) is 17.5 Å². The summed E-state index contributed by atoms with van der Waals surface area (Å²) in [5, 5.41) is 10.6. The highest BCUT2D eigenvalue weighted by atomic mass is 16.2. The number of nitrogens with zero attached hydrogens (tertiary/aromatic N) is 4. The van der Waals surface area contributed by atoms with Crippen LogP contribution in [0.2, 0.25) is 0 Å². The summed E-state index contributed by atoms with van der Waals surface area (Å²) in [6, 6.07) is 11.7. The Bertz CT molecular complexity index is 1610. The third-order valence-electron chi connectivity index (χ3n) is 7.82. The Balaban J connectivity index is 1.29. The van der Waals surface area contributed by atoms with Crippen molar-refractivity contribution in [3.05, 3.63) is 65.6 Å². The second kappa shape index (κ2) is 8.06. The van der Waals surface area contributed by atoms with Gasteiger partial charge in [-0.3, -0.25) is 9.59 Å². The number of benzene rings is 1. The van der Waals surface area contributed by atoms with Crippen LogP contribution in [0.3, 0.4) is 0 Å². The molecule has 1 fully saturated rings. The molecule has 0 bridgehead atoms. The zero-order valence-corrected chi connectivity index (χ0v) is 20.7. The summed E-state index contributed by atoms with van der Waals surface area (Å²) in [7, 11) is 1.98. The minimum absolute atomic E-state index is 0.0613. The van der Waals surface area contributed by atoms with E-state index in [1.165, 1.54) is 0 Å². The van der Waals surface area contributed by atoms with Crippen LogP contribution in [-0.2, 0) is 18.4 Å². The van der Waals surface area contributed by atoms with E-state index in [9.17, 15) is 9.59 Å². The molecule has 3 aliphatic heterocycles. The normalized spacial score (nSPS) is 20.2. The fourth-order valence-electron chi connectivity index (χ4n) is 6.05. The molecule has 37 heavy (non-hydrogen) atoms. The van der Waals surface area contributed by atoms with Gasteiger partial charge in [-0.2, -0.15) is 0 Å². The quantitative estimate of drug-likeness (QED) is 0.401. The van der Waals surface area contributed by atoms with Gasteiger partial charge in [0.05, 0.1) is 28.7 Å². The molecule has 0 radical (unpaired) electrons. The van der Waals surface area contributed by atoms with Crippen LogP contribution in [0.15, 0.2) is 48.8 Å². The number of rotatable bonds is 3. The summed E-state index contributed by atoms with van der Waals surface area (Å²) in [6.07, 6.45) is 5.66. The Morgan fingerprint density at radius 2 is 1.97 bits per heavy atom. The molecule has 7 rings (SSSR count). The van der Waals surface area contributed by atoms with E-state index >= 15 is 0 Å². The predicted octanol–water partition coefficient (Wildman–Crippen LogP) is 3.78. The smallest absolute Gasteiger partial charge is 0.254 e.